The fraction of sp³-hybridized carbons (Fsp3) is 0.778. The van der Waals surface area contributed by atoms with Crippen LogP contribution in [0.5, 0.6) is 0 Å². The van der Waals surface area contributed by atoms with Crippen molar-refractivity contribution in [3.05, 3.63) is 0 Å². The molecule has 12 heavy (non-hydrogen) atoms. The van der Waals surface area contributed by atoms with Crippen molar-refractivity contribution in [2.45, 2.75) is 40.5 Å². The lowest BCUT2D eigenvalue weighted by molar-refractivity contribution is -0.122. The van der Waals surface area contributed by atoms with E-state index in [4.69, 9.17) is 5.73 Å². The fourth-order valence-electron chi connectivity index (χ4n) is 0.691. The van der Waals surface area contributed by atoms with Gasteiger partial charge >= 0.3 is 0 Å². The highest BCUT2D eigenvalue weighted by molar-refractivity contribution is 5.76. The van der Waals surface area contributed by atoms with Crippen LogP contribution in [0.15, 0.2) is 0 Å². The Balaban J connectivity index is 0. The summed E-state index contributed by atoms with van der Waals surface area (Å²) in [4.78, 5) is 19.8. The summed E-state index contributed by atoms with van der Waals surface area (Å²) in [5, 5.41) is 0. The normalized spacial score (nSPS) is 8.75. The molecule has 0 aliphatic carbocycles. The minimum Gasteiger partial charge on any atom is -0.369 e. The van der Waals surface area contributed by atoms with Crippen LogP contribution in [-0.4, -0.2) is 11.7 Å². The van der Waals surface area contributed by atoms with Crippen LogP contribution >= 0.6 is 0 Å². The first-order chi connectivity index (χ1) is 5.45. The average Bonchev–Trinajstić information content (AvgIpc) is 1.87. The minimum atomic E-state index is -0.171. The molecule has 1 amide bonds. The third-order valence-corrected chi connectivity index (χ3v) is 1.39. The van der Waals surface area contributed by atoms with E-state index in [0.29, 0.717) is 0 Å². The Morgan fingerprint density at radius 2 is 1.42 bits per heavy atom. The second-order valence-electron chi connectivity index (χ2n) is 2.82. The van der Waals surface area contributed by atoms with Gasteiger partial charge in [-0.15, -0.1) is 0 Å². The van der Waals surface area contributed by atoms with E-state index in [-0.39, 0.29) is 17.6 Å². The predicted octanol–water partition coefficient (Wildman–Crippen LogP) is 1.50. The van der Waals surface area contributed by atoms with Crippen molar-refractivity contribution in [1.29, 1.82) is 0 Å². The molecule has 0 aliphatic heterocycles. The SMILES string of the molecule is CC(C)=O.CCC(CC)C(N)=O. The van der Waals surface area contributed by atoms with Crippen LogP contribution in [0.3, 0.4) is 0 Å². The van der Waals surface area contributed by atoms with Gasteiger partial charge in [0.25, 0.3) is 0 Å². The standard InChI is InChI=1S/C6H13NO.C3H6O/c1-3-5(4-2)6(7)8;1-3(2)4/h5H,3-4H2,1-2H3,(H2,7,8);1-2H3. The first-order valence-corrected chi connectivity index (χ1v) is 4.22. The maximum absolute atomic E-state index is 10.4. The Bertz CT molecular complexity index is 135. The van der Waals surface area contributed by atoms with Crippen molar-refractivity contribution < 1.29 is 9.59 Å². The molecule has 0 spiro atoms. The lowest BCUT2D eigenvalue weighted by Crippen LogP contribution is -2.21. The van der Waals surface area contributed by atoms with E-state index in [0.717, 1.165) is 12.8 Å². The topological polar surface area (TPSA) is 60.2 Å². The molecule has 0 rings (SSSR count). The van der Waals surface area contributed by atoms with E-state index in [1.807, 2.05) is 13.8 Å². The highest BCUT2D eigenvalue weighted by Crippen LogP contribution is 2.04. The Morgan fingerprint density at radius 3 is 1.42 bits per heavy atom. The van der Waals surface area contributed by atoms with E-state index < -0.39 is 0 Å². The second-order valence-corrected chi connectivity index (χ2v) is 2.82. The summed E-state index contributed by atoms with van der Waals surface area (Å²) < 4.78 is 0. The molecule has 72 valence electrons. The van der Waals surface area contributed by atoms with Crippen LogP contribution in [0, 0.1) is 5.92 Å². The minimum absolute atomic E-state index is 0.0926. The van der Waals surface area contributed by atoms with Crippen LogP contribution in [0.2, 0.25) is 0 Å². The second kappa shape index (κ2) is 8.24. The van der Waals surface area contributed by atoms with E-state index in [9.17, 15) is 9.59 Å². The Kier molecular flexibility index (Phi) is 9.41. The summed E-state index contributed by atoms with van der Waals surface area (Å²) in [7, 11) is 0. The smallest absolute Gasteiger partial charge is 0.220 e. The maximum Gasteiger partial charge on any atom is 0.220 e. The zero-order chi connectivity index (χ0) is 10.1. The molecule has 0 aromatic carbocycles. The van der Waals surface area contributed by atoms with Gasteiger partial charge in [0, 0.05) is 5.92 Å². The van der Waals surface area contributed by atoms with Gasteiger partial charge in [-0.25, -0.2) is 0 Å². The zero-order valence-electron chi connectivity index (χ0n) is 8.39. The Morgan fingerprint density at radius 1 is 1.17 bits per heavy atom. The quantitative estimate of drug-likeness (QED) is 0.703. The van der Waals surface area contributed by atoms with Gasteiger partial charge in [-0.05, 0) is 26.7 Å². The molecule has 0 saturated carbocycles. The lowest BCUT2D eigenvalue weighted by atomic mass is 10.0. The molecular weight excluding hydrogens is 154 g/mol. The van der Waals surface area contributed by atoms with Crippen molar-refractivity contribution in [2.24, 2.45) is 11.7 Å². The third-order valence-electron chi connectivity index (χ3n) is 1.39. The summed E-state index contributed by atoms with van der Waals surface area (Å²) in [6.45, 7) is 7.00. The molecule has 0 atom stereocenters. The first kappa shape index (κ1) is 13.7. The van der Waals surface area contributed by atoms with Crippen LogP contribution in [-0.2, 0) is 9.59 Å². The van der Waals surface area contributed by atoms with E-state index in [2.05, 4.69) is 0 Å². The molecule has 0 radical (unpaired) electrons. The van der Waals surface area contributed by atoms with Gasteiger partial charge in [-0.3, -0.25) is 4.79 Å². The number of rotatable bonds is 3. The summed E-state index contributed by atoms with van der Waals surface area (Å²) in [6, 6.07) is 0. The highest BCUT2D eigenvalue weighted by Gasteiger charge is 2.07. The molecule has 0 aromatic rings. The molecule has 0 saturated heterocycles. The van der Waals surface area contributed by atoms with Gasteiger partial charge < -0.3 is 10.5 Å². The van der Waals surface area contributed by atoms with Gasteiger partial charge in [-0.1, -0.05) is 13.8 Å². The summed E-state index contributed by atoms with van der Waals surface area (Å²) in [5.74, 6) is 0.0880. The summed E-state index contributed by atoms with van der Waals surface area (Å²) in [6.07, 6.45) is 1.73. The largest absolute Gasteiger partial charge is 0.369 e. The van der Waals surface area contributed by atoms with Crippen LogP contribution in [0.25, 0.3) is 0 Å². The summed E-state index contributed by atoms with van der Waals surface area (Å²) >= 11 is 0. The van der Waals surface area contributed by atoms with Gasteiger partial charge in [0.15, 0.2) is 0 Å². The lowest BCUT2D eigenvalue weighted by Gasteiger charge is -2.04. The number of nitrogens with two attached hydrogens (primary N) is 1. The Hall–Kier alpha value is -0.860. The van der Waals surface area contributed by atoms with E-state index in [1.165, 1.54) is 13.8 Å². The molecule has 2 N–H and O–H groups in total. The maximum atomic E-state index is 10.4. The van der Waals surface area contributed by atoms with Gasteiger partial charge in [0.2, 0.25) is 5.91 Å². The fourth-order valence-corrected chi connectivity index (χ4v) is 0.691. The van der Waals surface area contributed by atoms with Crippen molar-refractivity contribution >= 4 is 11.7 Å². The van der Waals surface area contributed by atoms with Gasteiger partial charge in [0.1, 0.15) is 5.78 Å². The van der Waals surface area contributed by atoms with Crippen molar-refractivity contribution in [3.63, 3.8) is 0 Å². The van der Waals surface area contributed by atoms with E-state index in [1.54, 1.807) is 0 Å². The van der Waals surface area contributed by atoms with Gasteiger partial charge in [-0.2, -0.15) is 0 Å². The number of hydrogen-bond acceptors (Lipinski definition) is 2. The zero-order valence-corrected chi connectivity index (χ0v) is 8.39. The number of ketones is 1. The van der Waals surface area contributed by atoms with Crippen LogP contribution in [0.1, 0.15) is 40.5 Å². The highest BCUT2D eigenvalue weighted by atomic mass is 16.1. The molecule has 0 aromatic heterocycles. The molecular formula is C9H19NO2. The Labute approximate surface area is 74.3 Å². The molecule has 3 nitrogen and oxygen atoms in total. The van der Waals surface area contributed by atoms with Crippen molar-refractivity contribution in [3.8, 4) is 0 Å². The molecule has 0 heterocycles. The number of hydrogen-bond donors (Lipinski definition) is 1. The predicted molar refractivity (Wildman–Crippen MR) is 49.6 cm³/mol. The number of carbonyl (C=O) groups is 2. The van der Waals surface area contributed by atoms with Crippen molar-refractivity contribution in [1.82, 2.24) is 0 Å². The first-order valence-electron chi connectivity index (χ1n) is 4.22. The van der Waals surface area contributed by atoms with Crippen molar-refractivity contribution in [2.75, 3.05) is 0 Å². The number of primary amides is 1. The summed E-state index contributed by atoms with van der Waals surface area (Å²) in [5.41, 5.74) is 5.02. The number of carbonyl (C=O) groups excluding carboxylic acids is 2. The van der Waals surface area contributed by atoms with Crippen LogP contribution < -0.4 is 5.73 Å². The van der Waals surface area contributed by atoms with E-state index >= 15 is 0 Å². The molecule has 0 fully saturated rings. The molecule has 0 aliphatic rings. The third kappa shape index (κ3) is 11.9. The number of Topliss-reactive ketones (excluding diaryl/α,β-unsaturated/α-hetero) is 1. The number of amides is 1. The molecule has 3 heteroatoms. The monoisotopic (exact) mass is 173 g/mol. The van der Waals surface area contributed by atoms with Gasteiger partial charge in [0.05, 0.1) is 0 Å². The average molecular weight is 173 g/mol. The molecule has 0 unspecified atom stereocenters. The van der Waals surface area contributed by atoms with Crippen LogP contribution in [0.4, 0.5) is 0 Å². The molecule has 0 bridgehead atoms.